The summed E-state index contributed by atoms with van der Waals surface area (Å²) in [6.07, 6.45) is -0.152. The van der Waals surface area contributed by atoms with Crippen molar-refractivity contribution in [1.29, 1.82) is 5.26 Å². The van der Waals surface area contributed by atoms with Crippen LogP contribution in [0.3, 0.4) is 0 Å². The van der Waals surface area contributed by atoms with E-state index in [4.69, 9.17) is 0 Å². The van der Waals surface area contributed by atoms with Crippen molar-refractivity contribution in [2.24, 2.45) is 5.41 Å². The van der Waals surface area contributed by atoms with E-state index in [1.807, 2.05) is 12.1 Å². The van der Waals surface area contributed by atoms with Crippen LogP contribution in [-0.2, 0) is 19.5 Å². The highest BCUT2D eigenvalue weighted by Gasteiger charge is 2.51. The summed E-state index contributed by atoms with van der Waals surface area (Å²) >= 11 is 1.07. The molecule has 3 saturated heterocycles. The van der Waals surface area contributed by atoms with Crippen molar-refractivity contribution < 1.29 is 13.2 Å². The molecule has 3 fully saturated rings. The van der Waals surface area contributed by atoms with Crippen molar-refractivity contribution in [2.45, 2.75) is 51.5 Å². The molecule has 0 aliphatic carbocycles. The van der Waals surface area contributed by atoms with E-state index in [0.717, 1.165) is 99.7 Å². The SMILES string of the molecule is C=CC(=C)N1CC2(CN(CCn3c(C#N)cc4c(C)c(CN5CCC(Nc6ncnc7sc(CC(F)(F)F)cc67)CC5)ccc43)C2)C1. The molecular formula is C35H39F3N8S. The summed E-state index contributed by atoms with van der Waals surface area (Å²) in [4.78, 5) is 16.6. The van der Waals surface area contributed by atoms with Gasteiger partial charge in [-0.1, -0.05) is 19.2 Å². The van der Waals surface area contributed by atoms with Crippen LogP contribution in [0.2, 0.25) is 0 Å². The van der Waals surface area contributed by atoms with Crippen molar-refractivity contribution in [3.8, 4) is 6.07 Å². The van der Waals surface area contributed by atoms with Crippen LogP contribution in [0.5, 0.6) is 0 Å². The maximum atomic E-state index is 12.9. The highest BCUT2D eigenvalue weighted by atomic mass is 32.1. The molecule has 0 saturated carbocycles. The maximum absolute atomic E-state index is 12.9. The monoisotopic (exact) mass is 660 g/mol. The average Bonchev–Trinajstić information content (AvgIpc) is 3.58. The molecule has 7 rings (SSSR count). The van der Waals surface area contributed by atoms with Gasteiger partial charge in [0.1, 0.15) is 28.7 Å². The summed E-state index contributed by atoms with van der Waals surface area (Å²) in [7, 11) is 0. The molecule has 4 aromatic rings. The van der Waals surface area contributed by atoms with Crippen LogP contribution in [0.4, 0.5) is 19.0 Å². The number of nitrogens with zero attached hydrogens (tertiary/aromatic N) is 7. The van der Waals surface area contributed by atoms with Gasteiger partial charge in [0.2, 0.25) is 0 Å². The van der Waals surface area contributed by atoms with E-state index in [0.29, 0.717) is 27.1 Å². The number of alkyl halides is 3. The second kappa shape index (κ2) is 12.3. The van der Waals surface area contributed by atoms with Gasteiger partial charge >= 0.3 is 6.18 Å². The maximum Gasteiger partial charge on any atom is 0.393 e. The Morgan fingerprint density at radius 2 is 1.87 bits per heavy atom. The molecule has 47 heavy (non-hydrogen) atoms. The van der Waals surface area contributed by atoms with Gasteiger partial charge < -0.3 is 19.7 Å². The number of halogens is 3. The lowest BCUT2D eigenvalue weighted by molar-refractivity contribution is -0.126. The van der Waals surface area contributed by atoms with Crippen molar-refractivity contribution in [3.05, 3.63) is 77.2 Å². The molecule has 246 valence electrons. The quantitative estimate of drug-likeness (QED) is 0.200. The standard InChI is InChI=1S/C35H39F3N8S/c1-4-23(2)45-20-34(21-45)18-44(19-34)11-12-46-27(16-39)13-29-24(3)25(5-6-31(29)46)17-43-9-7-26(8-10-43)42-32-30-14-28(15-35(36,37)38)47-33(30)41-22-40-32/h4-6,13-14,22,26H,1-2,7-12,15,17-21H2,3H3,(H,40,41,42). The number of fused-ring (bicyclic) bond motifs is 2. The number of hydrogen-bond acceptors (Lipinski definition) is 8. The molecule has 0 atom stereocenters. The first-order valence-corrected chi connectivity index (χ1v) is 16.9. The van der Waals surface area contributed by atoms with Crippen LogP contribution in [0.25, 0.3) is 21.1 Å². The Balaban J connectivity index is 0.946. The summed E-state index contributed by atoms with van der Waals surface area (Å²) in [5.74, 6) is 0.607. The number of likely N-dealkylation sites (tertiary alicyclic amines) is 3. The summed E-state index contributed by atoms with van der Waals surface area (Å²) in [5.41, 5.74) is 5.68. The normalized spacial score (nSPS) is 18.7. The van der Waals surface area contributed by atoms with Crippen molar-refractivity contribution >= 4 is 38.3 Å². The van der Waals surface area contributed by atoms with E-state index in [1.54, 1.807) is 6.07 Å². The Bertz CT molecular complexity index is 1860. The minimum atomic E-state index is -4.25. The second-order valence-corrected chi connectivity index (χ2v) is 14.6. The Morgan fingerprint density at radius 1 is 1.11 bits per heavy atom. The van der Waals surface area contributed by atoms with Crippen LogP contribution in [-0.4, -0.2) is 87.3 Å². The summed E-state index contributed by atoms with van der Waals surface area (Å²) in [6.45, 7) is 18.7. The fourth-order valence-electron chi connectivity index (χ4n) is 7.60. The molecule has 6 heterocycles. The zero-order chi connectivity index (χ0) is 32.9. The molecule has 0 radical (unpaired) electrons. The second-order valence-electron chi connectivity index (χ2n) is 13.5. The van der Waals surface area contributed by atoms with Gasteiger partial charge in [0.15, 0.2) is 0 Å². The molecule has 0 unspecified atom stereocenters. The number of nitriles is 1. The molecule has 1 aromatic carbocycles. The summed E-state index contributed by atoms with van der Waals surface area (Å²) < 4.78 is 41.0. The topological polar surface area (TPSA) is 76.2 Å². The van der Waals surface area contributed by atoms with Crippen LogP contribution in [0.15, 0.2) is 55.5 Å². The summed E-state index contributed by atoms with van der Waals surface area (Å²) in [6, 6.07) is 10.6. The fraction of sp³-hybridized carbons (Fsp3) is 0.457. The number of thiophene rings is 1. The van der Waals surface area contributed by atoms with Crippen molar-refractivity contribution in [2.75, 3.05) is 51.1 Å². The molecule has 0 bridgehead atoms. The summed E-state index contributed by atoms with van der Waals surface area (Å²) in [5, 5.41) is 15.3. The first kappa shape index (κ1) is 31.7. The highest BCUT2D eigenvalue weighted by molar-refractivity contribution is 7.18. The van der Waals surface area contributed by atoms with Gasteiger partial charge in [-0.05, 0) is 55.2 Å². The predicted molar refractivity (Wildman–Crippen MR) is 180 cm³/mol. The fourth-order valence-corrected chi connectivity index (χ4v) is 8.62. The lowest BCUT2D eigenvalue weighted by Gasteiger charge is -2.61. The first-order chi connectivity index (χ1) is 22.5. The Morgan fingerprint density at radius 3 is 2.57 bits per heavy atom. The average molecular weight is 661 g/mol. The molecule has 1 N–H and O–H groups in total. The minimum Gasteiger partial charge on any atom is -0.371 e. The molecule has 3 aliphatic rings. The van der Waals surface area contributed by atoms with Crippen LogP contribution in [0, 0.1) is 23.7 Å². The van der Waals surface area contributed by atoms with Gasteiger partial charge in [-0.2, -0.15) is 18.4 Å². The number of aryl methyl sites for hydroxylation is 1. The number of benzene rings is 1. The van der Waals surface area contributed by atoms with Gasteiger partial charge in [0.25, 0.3) is 0 Å². The smallest absolute Gasteiger partial charge is 0.371 e. The minimum absolute atomic E-state index is 0.183. The number of piperidine rings is 1. The lowest BCUT2D eigenvalue weighted by Crippen LogP contribution is -2.71. The van der Waals surface area contributed by atoms with E-state index in [1.165, 1.54) is 17.5 Å². The van der Waals surface area contributed by atoms with E-state index >= 15 is 0 Å². The zero-order valence-corrected chi connectivity index (χ0v) is 27.4. The third-order valence-electron chi connectivity index (χ3n) is 10.1. The van der Waals surface area contributed by atoms with E-state index in [2.05, 4.69) is 72.8 Å². The molecular weight excluding hydrogens is 622 g/mol. The van der Waals surface area contributed by atoms with E-state index in [9.17, 15) is 18.4 Å². The number of hydrogen-bond donors (Lipinski definition) is 1. The molecule has 3 aliphatic heterocycles. The van der Waals surface area contributed by atoms with Gasteiger partial charge in [-0.15, -0.1) is 11.3 Å². The predicted octanol–water partition coefficient (Wildman–Crippen LogP) is 6.32. The number of anilines is 1. The van der Waals surface area contributed by atoms with Crippen molar-refractivity contribution in [3.63, 3.8) is 0 Å². The molecule has 1 spiro atoms. The Kier molecular flexibility index (Phi) is 8.27. The highest BCUT2D eigenvalue weighted by Crippen LogP contribution is 2.41. The van der Waals surface area contributed by atoms with Gasteiger partial charge in [0, 0.05) is 91.8 Å². The number of aromatic nitrogens is 3. The number of rotatable bonds is 10. The third-order valence-corrected chi connectivity index (χ3v) is 11.2. The van der Waals surface area contributed by atoms with E-state index < -0.39 is 12.6 Å². The van der Waals surface area contributed by atoms with Gasteiger partial charge in [-0.3, -0.25) is 4.90 Å². The van der Waals surface area contributed by atoms with Crippen LogP contribution < -0.4 is 5.32 Å². The van der Waals surface area contributed by atoms with E-state index in [-0.39, 0.29) is 10.9 Å². The molecule has 3 aromatic heterocycles. The Hall–Kier alpha value is -3.92. The molecule has 12 heteroatoms. The first-order valence-electron chi connectivity index (χ1n) is 16.1. The third kappa shape index (κ3) is 6.36. The van der Waals surface area contributed by atoms with Gasteiger partial charge in [0.05, 0.1) is 11.8 Å². The van der Waals surface area contributed by atoms with Gasteiger partial charge in [-0.25, -0.2) is 9.97 Å². The Labute approximate surface area is 276 Å². The number of nitrogens with one attached hydrogen (secondary N) is 1. The largest absolute Gasteiger partial charge is 0.393 e. The zero-order valence-electron chi connectivity index (χ0n) is 26.6. The number of allylic oxidation sites excluding steroid dienone is 1. The molecule has 0 amide bonds. The lowest BCUT2D eigenvalue weighted by atomic mass is 9.72. The molecule has 8 nitrogen and oxygen atoms in total. The van der Waals surface area contributed by atoms with Crippen LogP contribution in [0.1, 0.15) is 34.5 Å². The van der Waals surface area contributed by atoms with Crippen molar-refractivity contribution in [1.82, 2.24) is 29.2 Å². The van der Waals surface area contributed by atoms with Crippen LogP contribution >= 0.6 is 11.3 Å².